The first-order valence-electron chi connectivity index (χ1n) is 10.0. The monoisotopic (exact) mass is 384 g/mol. The van der Waals surface area contributed by atoms with E-state index in [1.54, 1.807) is 0 Å². The van der Waals surface area contributed by atoms with E-state index in [4.69, 9.17) is 9.47 Å². The zero-order chi connectivity index (χ0) is 19.5. The molecule has 2 aliphatic rings. The van der Waals surface area contributed by atoms with Crippen molar-refractivity contribution in [3.05, 3.63) is 42.5 Å². The second kappa shape index (κ2) is 8.22. The van der Waals surface area contributed by atoms with Crippen LogP contribution < -0.4 is 9.47 Å². The minimum absolute atomic E-state index is 0.0193. The Labute approximate surface area is 165 Å². The number of benzene rings is 1. The summed E-state index contributed by atoms with van der Waals surface area (Å²) in [5.41, 5.74) is 0. The normalized spacial score (nSPS) is 19.8. The lowest BCUT2D eigenvalue weighted by Gasteiger charge is -2.37. The Kier molecular flexibility index (Phi) is 5.52. The van der Waals surface area contributed by atoms with Gasteiger partial charge in [0.15, 0.2) is 11.5 Å². The second-order valence-electron chi connectivity index (χ2n) is 7.66. The van der Waals surface area contributed by atoms with Gasteiger partial charge in [-0.25, -0.2) is 4.98 Å². The molecule has 0 N–H and O–H groups in total. The molecule has 0 saturated carbocycles. The van der Waals surface area contributed by atoms with Gasteiger partial charge in [-0.1, -0.05) is 26.0 Å². The number of piperazine rings is 1. The predicted octanol–water partition coefficient (Wildman–Crippen LogP) is 1.99. The van der Waals surface area contributed by atoms with Gasteiger partial charge in [-0.15, -0.1) is 0 Å². The van der Waals surface area contributed by atoms with Gasteiger partial charge in [0, 0.05) is 57.6 Å². The van der Waals surface area contributed by atoms with E-state index >= 15 is 0 Å². The molecule has 0 spiro atoms. The van der Waals surface area contributed by atoms with Crippen LogP contribution in [0.2, 0.25) is 0 Å². The Balaban J connectivity index is 1.26. The molecular weight excluding hydrogens is 356 g/mol. The summed E-state index contributed by atoms with van der Waals surface area (Å²) in [5.74, 6) is 2.92. The fraction of sp³-hybridized carbons (Fsp3) is 0.524. The molecule has 1 aromatic heterocycles. The molecule has 3 heterocycles. The number of ether oxygens (including phenoxy) is 2. The van der Waals surface area contributed by atoms with Crippen molar-refractivity contribution in [2.45, 2.75) is 32.4 Å². The van der Waals surface area contributed by atoms with E-state index < -0.39 is 6.10 Å². The topological polar surface area (TPSA) is 59.8 Å². The zero-order valence-corrected chi connectivity index (χ0v) is 16.6. The second-order valence-corrected chi connectivity index (χ2v) is 7.66. The van der Waals surface area contributed by atoms with Crippen LogP contribution in [0.4, 0.5) is 0 Å². The summed E-state index contributed by atoms with van der Waals surface area (Å²) in [5, 5.41) is 0. The average Bonchev–Trinajstić information content (AvgIpc) is 3.21. The summed E-state index contributed by atoms with van der Waals surface area (Å²) in [6.45, 7) is 9.70. The van der Waals surface area contributed by atoms with Crippen LogP contribution in [0.15, 0.2) is 36.7 Å². The minimum atomic E-state index is -0.555. The van der Waals surface area contributed by atoms with Crippen LogP contribution in [0.5, 0.6) is 11.5 Å². The van der Waals surface area contributed by atoms with Gasteiger partial charge in [-0.3, -0.25) is 9.69 Å². The third kappa shape index (κ3) is 3.99. The van der Waals surface area contributed by atoms with Crippen molar-refractivity contribution in [3.63, 3.8) is 0 Å². The number of carbonyl (C=O) groups excluding carboxylic acids is 1. The number of para-hydroxylation sites is 2. The van der Waals surface area contributed by atoms with E-state index in [0.717, 1.165) is 45.1 Å². The Morgan fingerprint density at radius 2 is 1.89 bits per heavy atom. The van der Waals surface area contributed by atoms with Crippen LogP contribution in [0, 0.1) is 0 Å². The van der Waals surface area contributed by atoms with Crippen LogP contribution in [-0.2, 0) is 11.3 Å². The van der Waals surface area contributed by atoms with E-state index in [2.05, 4.69) is 28.3 Å². The van der Waals surface area contributed by atoms with Gasteiger partial charge in [0.25, 0.3) is 5.91 Å². The molecule has 4 rings (SSSR count). The first-order chi connectivity index (χ1) is 13.6. The number of aromatic nitrogens is 2. The van der Waals surface area contributed by atoms with Gasteiger partial charge in [-0.2, -0.15) is 0 Å². The summed E-state index contributed by atoms with van der Waals surface area (Å²) >= 11 is 0. The number of fused-ring (bicyclic) bond motifs is 1. The van der Waals surface area contributed by atoms with E-state index in [-0.39, 0.29) is 12.5 Å². The van der Waals surface area contributed by atoms with Crippen LogP contribution >= 0.6 is 0 Å². The first kappa shape index (κ1) is 18.8. The Hall–Kier alpha value is -2.54. The molecule has 28 heavy (non-hydrogen) atoms. The van der Waals surface area contributed by atoms with Crippen LogP contribution in [0.3, 0.4) is 0 Å². The molecule has 150 valence electrons. The van der Waals surface area contributed by atoms with Gasteiger partial charge < -0.3 is 18.9 Å². The molecule has 1 unspecified atom stereocenters. The van der Waals surface area contributed by atoms with Gasteiger partial charge in [0.1, 0.15) is 12.4 Å². The molecule has 7 nitrogen and oxygen atoms in total. The highest BCUT2D eigenvalue weighted by Gasteiger charge is 2.32. The standard InChI is InChI=1S/C21H28N4O3/c1-16(2)20-22-7-8-24(20)12-9-23-10-13-25(14-11-23)21(26)19-15-27-17-5-3-4-6-18(17)28-19/h3-8,16,19H,9-15H2,1-2H3. The van der Waals surface area contributed by atoms with Gasteiger partial charge in [-0.05, 0) is 12.1 Å². The molecule has 0 aliphatic carbocycles. The van der Waals surface area contributed by atoms with Crippen molar-refractivity contribution in [2.75, 3.05) is 39.3 Å². The summed E-state index contributed by atoms with van der Waals surface area (Å²) in [4.78, 5) is 21.6. The van der Waals surface area contributed by atoms with Crippen molar-refractivity contribution in [3.8, 4) is 11.5 Å². The van der Waals surface area contributed by atoms with E-state index in [9.17, 15) is 4.79 Å². The molecule has 1 amide bonds. The molecular formula is C21H28N4O3. The van der Waals surface area contributed by atoms with Crippen molar-refractivity contribution in [1.82, 2.24) is 19.4 Å². The molecule has 1 saturated heterocycles. The van der Waals surface area contributed by atoms with E-state index in [0.29, 0.717) is 17.4 Å². The Bertz CT molecular complexity index is 811. The fourth-order valence-electron chi connectivity index (χ4n) is 3.80. The first-order valence-corrected chi connectivity index (χ1v) is 10.0. The summed E-state index contributed by atoms with van der Waals surface area (Å²) in [6, 6.07) is 7.49. The van der Waals surface area contributed by atoms with Crippen LogP contribution in [0.25, 0.3) is 0 Å². The maximum absolute atomic E-state index is 12.8. The highest BCUT2D eigenvalue weighted by molar-refractivity contribution is 5.82. The Morgan fingerprint density at radius 1 is 1.14 bits per heavy atom. The number of imidazole rings is 1. The molecule has 2 aliphatic heterocycles. The summed E-state index contributed by atoms with van der Waals surface area (Å²) < 4.78 is 13.8. The van der Waals surface area contributed by atoms with Crippen molar-refractivity contribution < 1.29 is 14.3 Å². The molecule has 1 fully saturated rings. The average molecular weight is 384 g/mol. The lowest BCUT2D eigenvalue weighted by molar-refractivity contribution is -0.143. The number of hydrogen-bond donors (Lipinski definition) is 0. The lowest BCUT2D eigenvalue weighted by atomic mass is 10.2. The number of rotatable bonds is 5. The summed E-state index contributed by atoms with van der Waals surface area (Å²) in [7, 11) is 0. The number of nitrogens with zero attached hydrogens (tertiary/aromatic N) is 4. The highest BCUT2D eigenvalue weighted by Crippen LogP contribution is 2.31. The SMILES string of the molecule is CC(C)c1nccn1CCN1CCN(C(=O)C2COc3ccccc3O2)CC1. The maximum atomic E-state index is 12.8. The molecule has 1 aromatic carbocycles. The number of hydrogen-bond acceptors (Lipinski definition) is 5. The van der Waals surface area contributed by atoms with Gasteiger partial charge in [0.05, 0.1) is 0 Å². The van der Waals surface area contributed by atoms with Crippen molar-refractivity contribution in [1.29, 1.82) is 0 Å². The van der Waals surface area contributed by atoms with Crippen molar-refractivity contribution in [2.24, 2.45) is 0 Å². The number of carbonyl (C=O) groups is 1. The quantitative estimate of drug-likeness (QED) is 0.789. The molecule has 1 atom stereocenters. The fourth-order valence-corrected chi connectivity index (χ4v) is 3.80. The zero-order valence-electron chi connectivity index (χ0n) is 16.6. The predicted molar refractivity (Wildman–Crippen MR) is 106 cm³/mol. The van der Waals surface area contributed by atoms with Crippen LogP contribution in [0.1, 0.15) is 25.6 Å². The van der Waals surface area contributed by atoms with E-state index in [1.807, 2.05) is 41.6 Å². The van der Waals surface area contributed by atoms with E-state index in [1.165, 1.54) is 0 Å². The lowest BCUT2D eigenvalue weighted by Crippen LogP contribution is -2.54. The third-order valence-electron chi connectivity index (χ3n) is 5.39. The van der Waals surface area contributed by atoms with Crippen LogP contribution in [-0.4, -0.2) is 70.7 Å². The molecule has 2 aromatic rings. The number of amides is 1. The third-order valence-corrected chi connectivity index (χ3v) is 5.39. The summed E-state index contributed by atoms with van der Waals surface area (Å²) in [6.07, 6.45) is 3.37. The van der Waals surface area contributed by atoms with Gasteiger partial charge >= 0.3 is 0 Å². The highest BCUT2D eigenvalue weighted by atomic mass is 16.6. The minimum Gasteiger partial charge on any atom is -0.485 e. The largest absolute Gasteiger partial charge is 0.485 e. The van der Waals surface area contributed by atoms with Gasteiger partial charge in [0.2, 0.25) is 6.10 Å². The molecule has 0 bridgehead atoms. The smallest absolute Gasteiger partial charge is 0.267 e. The molecule has 7 heteroatoms. The molecule has 0 radical (unpaired) electrons. The van der Waals surface area contributed by atoms with Crippen molar-refractivity contribution >= 4 is 5.91 Å². The Morgan fingerprint density at radius 3 is 2.64 bits per heavy atom. The maximum Gasteiger partial charge on any atom is 0.267 e.